The number of carbonyl (C=O) groups excluding carboxylic acids is 2. The minimum Gasteiger partial charge on any atom is -0.489 e. The fourth-order valence-corrected chi connectivity index (χ4v) is 3.29. The van der Waals surface area contributed by atoms with Crippen LogP contribution in [0, 0.1) is 28.9 Å². The largest absolute Gasteiger partial charge is 0.489 e. The van der Waals surface area contributed by atoms with Crippen molar-refractivity contribution < 1.29 is 28.2 Å². The van der Waals surface area contributed by atoms with Crippen molar-refractivity contribution in [2.75, 3.05) is 18.6 Å². The summed E-state index contributed by atoms with van der Waals surface area (Å²) in [6, 6.07) is 6.38. The molecule has 188 valence electrons. The summed E-state index contributed by atoms with van der Waals surface area (Å²) >= 11 is 0. The maximum atomic E-state index is 13.9. The fourth-order valence-electron chi connectivity index (χ4n) is 3.29. The number of urea groups is 1. The van der Waals surface area contributed by atoms with Gasteiger partial charge in [-0.3, -0.25) is 4.79 Å². The van der Waals surface area contributed by atoms with E-state index in [9.17, 15) is 23.5 Å². The average Bonchev–Trinajstić information content (AvgIpc) is 2.93. The molecule has 0 unspecified atom stereocenters. The Bertz CT molecular complexity index is 1270. The van der Waals surface area contributed by atoms with Gasteiger partial charge in [0.25, 0.3) is 5.91 Å². The minimum atomic E-state index is -1.17. The second kappa shape index (κ2) is 11.0. The molecule has 0 fully saturated rings. The summed E-state index contributed by atoms with van der Waals surface area (Å²) in [6.45, 7) is 3.00. The molecule has 2 aromatic rings. The van der Waals surface area contributed by atoms with E-state index in [0.29, 0.717) is 17.0 Å². The fraction of sp³-hybridized carbons (Fsp3) is 0.269. The van der Waals surface area contributed by atoms with Crippen molar-refractivity contribution >= 4 is 23.8 Å². The number of hydrogen-bond donors (Lipinski definition) is 4. The summed E-state index contributed by atoms with van der Waals surface area (Å²) in [5, 5.41) is 22.3. The van der Waals surface area contributed by atoms with Gasteiger partial charge in [0.1, 0.15) is 35.6 Å². The van der Waals surface area contributed by atoms with Gasteiger partial charge >= 0.3 is 6.03 Å². The molecule has 4 N–H and O–H groups in total. The highest BCUT2D eigenvalue weighted by atomic mass is 19.1. The van der Waals surface area contributed by atoms with E-state index in [0.717, 1.165) is 18.3 Å². The molecule has 0 radical (unpaired) electrons. The number of fused-ring (bicyclic) bond motifs is 1. The quantitative estimate of drug-likeness (QED) is 0.376. The molecule has 0 saturated carbocycles. The first-order valence-electron chi connectivity index (χ1n) is 11.0. The number of allylic oxidation sites excluding steroid dienone is 1. The molecule has 1 aliphatic heterocycles. The molecule has 10 heteroatoms. The third-order valence-corrected chi connectivity index (χ3v) is 5.16. The Hall–Kier alpha value is -4.23. The van der Waals surface area contributed by atoms with Crippen LogP contribution in [0.3, 0.4) is 0 Å². The van der Waals surface area contributed by atoms with Crippen LogP contribution in [0.25, 0.3) is 0 Å². The lowest BCUT2D eigenvalue weighted by Crippen LogP contribution is -2.51. The van der Waals surface area contributed by atoms with Crippen molar-refractivity contribution in [2.24, 2.45) is 0 Å². The van der Waals surface area contributed by atoms with Gasteiger partial charge in [-0.05, 0) is 49.2 Å². The number of nitrogens with zero attached hydrogens (tertiary/aromatic N) is 1. The van der Waals surface area contributed by atoms with E-state index >= 15 is 0 Å². The lowest BCUT2D eigenvalue weighted by atomic mass is 10.1. The topological polar surface area (TPSA) is 115 Å². The van der Waals surface area contributed by atoms with Gasteiger partial charge in [-0.25, -0.2) is 13.6 Å². The molecule has 0 saturated heterocycles. The molecule has 3 amide bonds. The summed E-state index contributed by atoms with van der Waals surface area (Å²) in [5.74, 6) is 4.08. The van der Waals surface area contributed by atoms with E-state index in [-0.39, 0.29) is 24.2 Å². The highest BCUT2D eigenvalue weighted by Crippen LogP contribution is 2.31. The number of ether oxygens (including phenoxy) is 1. The van der Waals surface area contributed by atoms with Crippen LogP contribution in [0.15, 0.2) is 48.2 Å². The highest BCUT2D eigenvalue weighted by Gasteiger charge is 2.30. The summed E-state index contributed by atoms with van der Waals surface area (Å²) in [7, 11) is 1.54. The molecule has 1 aliphatic rings. The van der Waals surface area contributed by atoms with Gasteiger partial charge in [0.15, 0.2) is 0 Å². The predicted octanol–water partition coefficient (Wildman–Crippen LogP) is 2.89. The SMILES string of the molecule is CN1C(=O)[C@@H](NC(=O)N/C=C(\C=N)Cc2ccc(F)cc2F)COc2ccc(C#CC(C)(C)O)cc21. The summed E-state index contributed by atoms with van der Waals surface area (Å²) in [4.78, 5) is 26.8. The molecule has 36 heavy (non-hydrogen) atoms. The van der Waals surface area contributed by atoms with E-state index in [1.54, 1.807) is 39.1 Å². The number of nitrogens with one attached hydrogen (secondary N) is 3. The lowest BCUT2D eigenvalue weighted by molar-refractivity contribution is -0.120. The number of anilines is 1. The zero-order chi connectivity index (χ0) is 26.5. The molecule has 0 spiro atoms. The normalized spacial score (nSPS) is 15.6. The molecule has 2 aromatic carbocycles. The van der Waals surface area contributed by atoms with Crippen LogP contribution < -0.4 is 20.3 Å². The number of benzene rings is 2. The number of likely N-dealkylation sites (N-methyl/N-ethyl adjacent to an activating group) is 1. The maximum Gasteiger partial charge on any atom is 0.319 e. The molecule has 8 nitrogen and oxygen atoms in total. The van der Waals surface area contributed by atoms with Gasteiger partial charge in [-0.2, -0.15) is 0 Å². The van der Waals surface area contributed by atoms with Crippen molar-refractivity contribution in [3.05, 3.63) is 70.9 Å². The molecular weight excluding hydrogens is 470 g/mol. The Morgan fingerprint density at radius 3 is 2.72 bits per heavy atom. The summed E-state index contributed by atoms with van der Waals surface area (Å²) < 4.78 is 32.7. The number of aliphatic hydroxyl groups is 1. The summed E-state index contributed by atoms with van der Waals surface area (Å²) in [5.41, 5.74) is 0.270. The zero-order valence-electron chi connectivity index (χ0n) is 20.0. The highest BCUT2D eigenvalue weighted by molar-refractivity contribution is 6.00. The standard InChI is InChI=1S/C26H26F2N4O4/c1-26(2,35)9-8-16-4-7-23-22(11-16)32(3)24(33)21(15-36-23)31-25(34)30-14-17(13-29)10-18-5-6-19(27)12-20(18)28/h4-7,11-14,21,29,35H,10,15H2,1-3H3,(H2,30,31,34)/b17-14-,29-13?/t21-/m0/s1. The van der Waals surface area contributed by atoms with Crippen LogP contribution in [0.4, 0.5) is 19.3 Å². The molecule has 0 bridgehead atoms. The first-order valence-corrected chi connectivity index (χ1v) is 11.0. The Morgan fingerprint density at radius 1 is 1.31 bits per heavy atom. The van der Waals surface area contributed by atoms with Crippen LogP contribution in [-0.2, 0) is 11.2 Å². The smallest absolute Gasteiger partial charge is 0.319 e. The molecule has 0 aromatic heterocycles. The van der Waals surface area contributed by atoms with E-state index in [1.165, 1.54) is 17.2 Å². The second-order valence-electron chi connectivity index (χ2n) is 8.65. The van der Waals surface area contributed by atoms with Crippen molar-refractivity contribution in [1.82, 2.24) is 10.6 Å². The molecule has 1 heterocycles. The van der Waals surface area contributed by atoms with E-state index in [2.05, 4.69) is 22.5 Å². The number of rotatable bonds is 5. The minimum absolute atomic E-state index is 0.0436. The lowest BCUT2D eigenvalue weighted by Gasteiger charge is -2.20. The molecule has 0 aliphatic carbocycles. The Morgan fingerprint density at radius 2 is 2.06 bits per heavy atom. The molecule has 3 rings (SSSR count). The van der Waals surface area contributed by atoms with Crippen molar-refractivity contribution in [1.29, 1.82) is 5.41 Å². The molecular formula is C26H26F2N4O4. The Labute approximate surface area is 207 Å². The molecule has 1 atom stereocenters. The first-order chi connectivity index (χ1) is 17.0. The monoisotopic (exact) mass is 496 g/mol. The second-order valence-corrected chi connectivity index (χ2v) is 8.65. The van der Waals surface area contributed by atoms with Gasteiger partial charge in [-0.15, -0.1) is 0 Å². The predicted molar refractivity (Wildman–Crippen MR) is 131 cm³/mol. The van der Waals surface area contributed by atoms with Crippen LogP contribution in [0.5, 0.6) is 5.75 Å². The Balaban J connectivity index is 1.67. The van der Waals surface area contributed by atoms with Gasteiger partial charge in [0, 0.05) is 37.5 Å². The van der Waals surface area contributed by atoms with Gasteiger partial charge in [0.2, 0.25) is 0 Å². The van der Waals surface area contributed by atoms with Gasteiger partial charge in [0.05, 0.1) is 5.69 Å². The van der Waals surface area contributed by atoms with E-state index < -0.39 is 35.2 Å². The van der Waals surface area contributed by atoms with Crippen LogP contribution >= 0.6 is 0 Å². The van der Waals surface area contributed by atoms with Gasteiger partial charge < -0.3 is 30.8 Å². The van der Waals surface area contributed by atoms with E-state index in [4.69, 9.17) is 10.1 Å². The number of amides is 3. The van der Waals surface area contributed by atoms with Gasteiger partial charge in [-0.1, -0.05) is 17.9 Å². The average molecular weight is 497 g/mol. The van der Waals surface area contributed by atoms with Crippen molar-refractivity contribution in [3.8, 4) is 17.6 Å². The third kappa shape index (κ3) is 6.90. The first kappa shape index (κ1) is 26.4. The summed E-state index contributed by atoms with van der Waals surface area (Å²) in [6.07, 6.45) is 2.10. The number of carbonyl (C=O) groups is 2. The van der Waals surface area contributed by atoms with Crippen LogP contribution in [0.2, 0.25) is 0 Å². The number of halogens is 2. The zero-order valence-corrected chi connectivity index (χ0v) is 20.0. The maximum absolute atomic E-state index is 13.9. The van der Waals surface area contributed by atoms with Crippen LogP contribution in [0.1, 0.15) is 25.0 Å². The third-order valence-electron chi connectivity index (χ3n) is 5.16. The van der Waals surface area contributed by atoms with Crippen molar-refractivity contribution in [3.63, 3.8) is 0 Å². The number of hydrogen-bond acceptors (Lipinski definition) is 5. The van der Waals surface area contributed by atoms with Crippen molar-refractivity contribution in [2.45, 2.75) is 31.9 Å². The Kier molecular flexibility index (Phi) is 8.07. The van der Waals surface area contributed by atoms with E-state index in [1.807, 2.05) is 0 Å². The van der Waals surface area contributed by atoms with Crippen LogP contribution in [-0.4, -0.2) is 48.6 Å².